The summed E-state index contributed by atoms with van der Waals surface area (Å²) in [5.74, 6) is -1.30. The number of hydrogen-bond donors (Lipinski definition) is 1. The zero-order chi connectivity index (χ0) is 12.1. The van der Waals surface area contributed by atoms with E-state index in [1.165, 1.54) is 0 Å². The first-order valence-electron chi connectivity index (χ1n) is 4.96. The molecule has 5 nitrogen and oxygen atoms in total. The Bertz CT molecular complexity index is 237. The van der Waals surface area contributed by atoms with Gasteiger partial charge in [0.2, 0.25) is 0 Å². The molecule has 0 bridgehead atoms. The highest BCUT2D eigenvalue weighted by Gasteiger charge is 2.23. The number of esters is 1. The van der Waals surface area contributed by atoms with Gasteiger partial charge >= 0.3 is 11.9 Å². The molecule has 0 aromatic heterocycles. The number of rotatable bonds is 6. The molecule has 1 N–H and O–H groups in total. The summed E-state index contributed by atoms with van der Waals surface area (Å²) in [5.41, 5.74) is 0. The lowest BCUT2D eigenvalue weighted by Gasteiger charge is -2.28. The molecule has 0 fully saturated rings. The van der Waals surface area contributed by atoms with E-state index < -0.39 is 12.1 Å². The third-order valence-electron chi connectivity index (χ3n) is 1.74. The summed E-state index contributed by atoms with van der Waals surface area (Å²) in [5, 5.41) is 8.67. The van der Waals surface area contributed by atoms with Crippen molar-refractivity contribution in [3.63, 3.8) is 0 Å². The van der Waals surface area contributed by atoms with Gasteiger partial charge in [0.25, 0.3) is 0 Å². The number of carbonyl (C=O) groups is 2. The minimum Gasteiger partial charge on any atom is -1.00 e. The zero-order valence-electron chi connectivity index (χ0n) is 10.2. The molecular formula is C10H20BrNO4. The van der Waals surface area contributed by atoms with Crippen molar-refractivity contribution in [1.29, 1.82) is 0 Å². The molecular weight excluding hydrogens is 278 g/mol. The fourth-order valence-corrected chi connectivity index (χ4v) is 1.22. The molecule has 0 aromatic rings. The van der Waals surface area contributed by atoms with Gasteiger partial charge in [-0.3, -0.25) is 9.59 Å². The Morgan fingerprint density at radius 2 is 1.81 bits per heavy atom. The van der Waals surface area contributed by atoms with Crippen LogP contribution in [-0.2, 0) is 14.3 Å². The molecule has 0 rings (SSSR count). The van der Waals surface area contributed by atoms with Crippen molar-refractivity contribution in [3.8, 4) is 0 Å². The second-order valence-electron chi connectivity index (χ2n) is 4.54. The molecule has 0 heterocycles. The first-order valence-corrected chi connectivity index (χ1v) is 4.96. The molecule has 96 valence electrons. The molecule has 16 heavy (non-hydrogen) atoms. The molecule has 0 saturated carbocycles. The fraction of sp³-hybridized carbons (Fsp3) is 0.800. The van der Waals surface area contributed by atoms with Crippen LogP contribution in [0, 0.1) is 0 Å². The minimum absolute atomic E-state index is 0. The number of carboxylic acid groups (broad SMARTS) is 1. The average molecular weight is 298 g/mol. The van der Waals surface area contributed by atoms with Crippen LogP contribution >= 0.6 is 0 Å². The Balaban J connectivity index is 0. The van der Waals surface area contributed by atoms with Crippen LogP contribution in [0.3, 0.4) is 0 Å². The van der Waals surface area contributed by atoms with Crippen LogP contribution in [-0.4, -0.2) is 55.3 Å². The van der Waals surface area contributed by atoms with Gasteiger partial charge in [0, 0.05) is 6.42 Å². The van der Waals surface area contributed by atoms with E-state index in [4.69, 9.17) is 9.84 Å². The maximum absolute atomic E-state index is 11.1. The normalized spacial score (nSPS) is 12.5. The van der Waals surface area contributed by atoms with Crippen LogP contribution in [0.2, 0.25) is 0 Å². The second-order valence-corrected chi connectivity index (χ2v) is 4.54. The number of ether oxygens (including phenoxy) is 1. The van der Waals surface area contributed by atoms with Crippen LogP contribution in [0.15, 0.2) is 0 Å². The van der Waals surface area contributed by atoms with Crippen molar-refractivity contribution in [2.24, 2.45) is 0 Å². The Hall–Kier alpha value is -0.620. The molecule has 0 spiro atoms. The number of carbonyl (C=O) groups excluding carboxylic acids is 1. The third kappa shape index (κ3) is 9.92. The van der Waals surface area contributed by atoms with Crippen molar-refractivity contribution in [1.82, 2.24) is 0 Å². The maximum Gasteiger partial charge on any atom is 0.307 e. The highest BCUT2D eigenvalue weighted by molar-refractivity contribution is 5.71. The van der Waals surface area contributed by atoms with Gasteiger partial charge in [-0.2, -0.15) is 0 Å². The summed E-state index contributed by atoms with van der Waals surface area (Å²) in [6.45, 7) is 2.18. The van der Waals surface area contributed by atoms with Crippen molar-refractivity contribution in [2.45, 2.75) is 25.9 Å². The largest absolute Gasteiger partial charge is 1.00 e. The van der Waals surface area contributed by atoms with Gasteiger partial charge in [-0.25, -0.2) is 0 Å². The van der Waals surface area contributed by atoms with Gasteiger partial charge in [0.15, 0.2) is 6.10 Å². The van der Waals surface area contributed by atoms with E-state index in [0.29, 0.717) is 11.0 Å². The van der Waals surface area contributed by atoms with Crippen LogP contribution in [0.4, 0.5) is 0 Å². The van der Waals surface area contributed by atoms with Gasteiger partial charge in [0.05, 0.1) is 27.6 Å². The molecule has 0 aliphatic rings. The number of likely N-dealkylation sites (N-methyl/N-ethyl adjacent to an activating group) is 1. The Labute approximate surface area is 107 Å². The van der Waals surface area contributed by atoms with Gasteiger partial charge in [0.1, 0.15) is 6.54 Å². The van der Waals surface area contributed by atoms with Gasteiger partial charge < -0.3 is 31.3 Å². The maximum atomic E-state index is 11.1. The third-order valence-corrected chi connectivity index (χ3v) is 1.74. The number of halogens is 1. The summed E-state index contributed by atoms with van der Waals surface area (Å²) in [7, 11) is 5.78. The number of carboxylic acids is 1. The number of aliphatic carboxylic acids is 1. The van der Waals surface area contributed by atoms with Gasteiger partial charge in [-0.15, -0.1) is 0 Å². The zero-order valence-corrected chi connectivity index (χ0v) is 11.8. The SMILES string of the molecule is CCC(=O)O[C@H](CC(=O)O)C[N+](C)(C)C.[Br-]. The lowest BCUT2D eigenvalue weighted by atomic mass is 10.2. The van der Waals surface area contributed by atoms with Gasteiger partial charge in [-0.05, 0) is 0 Å². The van der Waals surface area contributed by atoms with E-state index in [0.717, 1.165) is 0 Å². The summed E-state index contributed by atoms with van der Waals surface area (Å²) in [6, 6.07) is 0. The van der Waals surface area contributed by atoms with E-state index in [-0.39, 0.29) is 35.8 Å². The topological polar surface area (TPSA) is 63.6 Å². The summed E-state index contributed by atoms with van der Waals surface area (Å²) >= 11 is 0. The fourth-order valence-electron chi connectivity index (χ4n) is 1.22. The Morgan fingerprint density at radius 3 is 2.12 bits per heavy atom. The predicted molar refractivity (Wildman–Crippen MR) is 55.3 cm³/mol. The van der Waals surface area contributed by atoms with E-state index in [2.05, 4.69) is 0 Å². The highest BCUT2D eigenvalue weighted by atomic mass is 79.9. The number of nitrogens with zero attached hydrogens (tertiary/aromatic N) is 1. The Morgan fingerprint density at radius 1 is 1.31 bits per heavy atom. The monoisotopic (exact) mass is 297 g/mol. The van der Waals surface area contributed by atoms with Crippen LogP contribution in [0.1, 0.15) is 19.8 Å². The van der Waals surface area contributed by atoms with Crippen molar-refractivity contribution < 1.29 is 40.9 Å². The summed E-state index contributed by atoms with van der Waals surface area (Å²) in [6.07, 6.45) is -0.413. The van der Waals surface area contributed by atoms with Crippen LogP contribution < -0.4 is 17.0 Å². The summed E-state index contributed by atoms with van der Waals surface area (Å²) < 4.78 is 5.62. The smallest absolute Gasteiger partial charge is 0.307 e. The molecule has 0 radical (unpaired) electrons. The van der Waals surface area contributed by atoms with Crippen LogP contribution in [0.5, 0.6) is 0 Å². The second kappa shape index (κ2) is 7.62. The minimum atomic E-state index is -0.947. The molecule has 0 amide bonds. The van der Waals surface area contributed by atoms with Gasteiger partial charge in [-0.1, -0.05) is 6.92 Å². The van der Waals surface area contributed by atoms with E-state index >= 15 is 0 Å². The van der Waals surface area contributed by atoms with E-state index in [9.17, 15) is 9.59 Å². The molecule has 0 aliphatic heterocycles. The predicted octanol–water partition coefficient (Wildman–Crippen LogP) is -2.51. The molecule has 6 heteroatoms. The molecule has 0 saturated heterocycles. The standard InChI is InChI=1S/C10H19NO4.BrH/c1-5-10(14)15-8(6-9(12)13)7-11(2,3)4;/h8H,5-7H2,1-4H3;1H/t8-;/m1./s1. The lowest BCUT2D eigenvalue weighted by Crippen LogP contribution is -3.00. The molecule has 0 aromatic carbocycles. The highest BCUT2D eigenvalue weighted by Crippen LogP contribution is 2.06. The van der Waals surface area contributed by atoms with Crippen LogP contribution in [0.25, 0.3) is 0 Å². The number of hydrogen-bond acceptors (Lipinski definition) is 3. The van der Waals surface area contributed by atoms with Crippen molar-refractivity contribution >= 4 is 11.9 Å². The number of quaternary nitrogens is 1. The van der Waals surface area contributed by atoms with E-state index in [1.807, 2.05) is 21.1 Å². The molecule has 0 aliphatic carbocycles. The lowest BCUT2D eigenvalue weighted by molar-refractivity contribution is -0.873. The molecule has 0 unspecified atom stereocenters. The Kier molecular flexibility index (Phi) is 8.46. The first-order chi connectivity index (χ1) is 6.74. The van der Waals surface area contributed by atoms with E-state index in [1.54, 1.807) is 6.92 Å². The quantitative estimate of drug-likeness (QED) is 0.435. The summed E-state index contributed by atoms with van der Waals surface area (Å²) in [4.78, 5) is 21.6. The van der Waals surface area contributed by atoms with Crippen molar-refractivity contribution in [2.75, 3.05) is 27.7 Å². The first kappa shape index (κ1) is 17.8. The average Bonchev–Trinajstić information content (AvgIpc) is 1.99. The molecule has 1 atom stereocenters. The van der Waals surface area contributed by atoms with Crippen molar-refractivity contribution in [3.05, 3.63) is 0 Å².